The number of non-ortho nitro benzene ring substituents is 1. The van der Waals surface area contributed by atoms with Gasteiger partial charge in [-0.05, 0) is 84.4 Å². The average molecular weight is 1060 g/mol. The molecule has 360 valence electrons. The number of fused-ring (bicyclic) bond motifs is 2. The first kappa shape index (κ1) is 49.4. The number of rotatable bonds is 14. The van der Waals surface area contributed by atoms with Crippen molar-refractivity contribution in [2.75, 3.05) is 10.6 Å². The molecule has 2 aromatic heterocycles. The Morgan fingerprint density at radius 2 is 1.20 bits per heavy atom. The van der Waals surface area contributed by atoms with Gasteiger partial charge in [0.15, 0.2) is 16.6 Å². The maximum Gasteiger partial charge on any atom is 0.295 e. The van der Waals surface area contributed by atoms with E-state index in [9.17, 15) is 67.3 Å². The largest absolute Gasteiger partial charge is 0.339 e. The number of thiazole rings is 1. The SMILES string of the molecule is Cc1c(C#N)c(Nc2ccc(S(=O)(=O)O)cc2)nc(Nc2ccc(S(=O)(=O)O)cc2)c1/N=N/c1nc(-c2ccc3ccccc3c2)c(N=Nc2cc(S(=O)(=O)O)c3cc([N+](=O)[O-])cc(S(=O)(=O)O)c3c2)s1. The van der Waals surface area contributed by atoms with Gasteiger partial charge in [-0.2, -0.15) is 38.9 Å². The van der Waals surface area contributed by atoms with Gasteiger partial charge >= 0.3 is 0 Å². The van der Waals surface area contributed by atoms with Gasteiger partial charge in [0, 0.05) is 45.4 Å². The summed E-state index contributed by atoms with van der Waals surface area (Å²) < 4.78 is 136. The highest BCUT2D eigenvalue weighted by molar-refractivity contribution is 7.86. The molecule has 8 rings (SSSR count). The zero-order chi connectivity index (χ0) is 51.2. The molecule has 0 aliphatic rings. The highest BCUT2D eigenvalue weighted by atomic mass is 32.2. The Kier molecular flexibility index (Phi) is 13.0. The molecule has 24 nitrogen and oxygen atoms in total. The van der Waals surface area contributed by atoms with Crippen LogP contribution in [-0.2, 0) is 40.5 Å². The predicted molar refractivity (Wildman–Crippen MR) is 256 cm³/mol. The second kappa shape index (κ2) is 18.7. The topological polar surface area (TPSA) is 384 Å². The highest BCUT2D eigenvalue weighted by Gasteiger charge is 2.26. The number of nitrogens with one attached hydrogen (secondary N) is 2. The Balaban J connectivity index is 1.27. The number of aromatic nitrogens is 2. The van der Waals surface area contributed by atoms with Crippen LogP contribution in [-0.4, -0.2) is 66.8 Å². The third kappa shape index (κ3) is 10.7. The van der Waals surface area contributed by atoms with Gasteiger partial charge in [-0.25, -0.2) is 9.97 Å². The van der Waals surface area contributed by atoms with Gasteiger partial charge in [-0.1, -0.05) is 47.7 Å². The van der Waals surface area contributed by atoms with Crippen LogP contribution in [0, 0.1) is 28.4 Å². The van der Waals surface area contributed by atoms with E-state index in [1.165, 1.54) is 31.2 Å². The molecule has 29 heteroatoms. The summed E-state index contributed by atoms with van der Waals surface area (Å²) in [7, 11) is -19.6. The summed E-state index contributed by atoms with van der Waals surface area (Å²) in [5.41, 5.74) is -0.193. The second-order valence-electron chi connectivity index (χ2n) is 14.8. The predicted octanol–water partition coefficient (Wildman–Crippen LogP) is 9.90. The van der Waals surface area contributed by atoms with E-state index >= 15 is 0 Å². The van der Waals surface area contributed by atoms with Gasteiger partial charge in [-0.15, -0.1) is 20.5 Å². The van der Waals surface area contributed by atoms with E-state index in [1.54, 1.807) is 24.3 Å². The minimum atomic E-state index is -5.25. The molecule has 6 N–H and O–H groups in total. The first-order chi connectivity index (χ1) is 33.4. The molecular formula is C42H28N10O14S5. The average Bonchev–Trinajstić information content (AvgIpc) is 3.72. The van der Waals surface area contributed by atoms with Crippen LogP contribution >= 0.6 is 11.3 Å². The van der Waals surface area contributed by atoms with Crippen LogP contribution in [0.2, 0.25) is 0 Å². The standard InChI is InChI=1S/C42H28N10O14S5/c1-22-34(21-43)39(44-26-8-12-30(13-9-26)68(55,56)57)47-40(45-27-10-14-31(15-11-27)69(58,59)60)37(22)49-51-42-46-38(25-7-6-23-4-2-3-5-24(23)16-25)41(67-42)50-48-28-17-32-33(35(18-28)70(61,62)63)19-29(52(53)54)20-36(32)71(64,65)66/h2-20H,1H3,(H2,44,45,47)(H,55,56,57)(H,58,59,60)(H,61,62,63)(H,64,65,66)/b50-48?,51-49+. The van der Waals surface area contributed by atoms with Crippen LogP contribution in [0.15, 0.2) is 155 Å². The number of nitro groups is 1. The van der Waals surface area contributed by atoms with Crippen LogP contribution in [0.25, 0.3) is 32.8 Å². The molecule has 0 amide bonds. The first-order valence-corrected chi connectivity index (χ1v) is 26.1. The number of nitro benzene ring substituents is 1. The molecule has 0 saturated carbocycles. The summed E-state index contributed by atoms with van der Waals surface area (Å²) in [6.07, 6.45) is 0. The third-order valence-corrected chi connectivity index (χ3v) is 14.5. The number of pyridine rings is 1. The highest BCUT2D eigenvalue weighted by Crippen LogP contribution is 2.44. The lowest BCUT2D eigenvalue weighted by Gasteiger charge is -2.16. The van der Waals surface area contributed by atoms with Crippen molar-refractivity contribution in [1.82, 2.24) is 9.97 Å². The van der Waals surface area contributed by atoms with E-state index in [-0.39, 0.29) is 55.7 Å². The van der Waals surface area contributed by atoms with E-state index in [0.717, 1.165) is 58.5 Å². The van der Waals surface area contributed by atoms with Crippen LogP contribution in [0.4, 0.5) is 50.2 Å². The van der Waals surface area contributed by atoms with Gasteiger partial charge in [0.1, 0.15) is 27.2 Å². The lowest BCUT2D eigenvalue weighted by molar-refractivity contribution is -0.384. The number of anilines is 4. The van der Waals surface area contributed by atoms with Gasteiger partial charge in [-0.3, -0.25) is 28.3 Å². The number of nitrogens with zero attached hydrogens (tertiary/aromatic N) is 8. The van der Waals surface area contributed by atoms with Gasteiger partial charge in [0.2, 0.25) is 5.13 Å². The number of benzene rings is 6. The molecule has 2 heterocycles. The number of hydrogen-bond donors (Lipinski definition) is 6. The van der Waals surface area contributed by atoms with Crippen molar-refractivity contribution in [3.05, 3.63) is 137 Å². The molecule has 0 radical (unpaired) electrons. The smallest absolute Gasteiger partial charge is 0.295 e. The molecule has 8 aromatic rings. The molecule has 0 spiro atoms. The zero-order valence-electron chi connectivity index (χ0n) is 35.5. The molecule has 0 aliphatic carbocycles. The van der Waals surface area contributed by atoms with Gasteiger partial charge in [0.25, 0.3) is 46.2 Å². The Morgan fingerprint density at radius 3 is 1.76 bits per heavy atom. The molecule has 0 unspecified atom stereocenters. The quantitative estimate of drug-likeness (QED) is 0.0255. The fraction of sp³-hybridized carbons (Fsp3) is 0.0238. The maximum absolute atomic E-state index is 12.6. The van der Waals surface area contributed by atoms with Crippen molar-refractivity contribution in [2.24, 2.45) is 20.5 Å². The number of hydrogen-bond acceptors (Lipinski definition) is 20. The Hall–Kier alpha value is -8.05. The zero-order valence-corrected chi connectivity index (χ0v) is 39.5. The van der Waals surface area contributed by atoms with E-state index in [0.29, 0.717) is 17.7 Å². The van der Waals surface area contributed by atoms with Crippen molar-refractivity contribution in [1.29, 1.82) is 5.26 Å². The minimum absolute atomic E-state index is 0.00540. The third-order valence-electron chi connectivity index (χ3n) is 10.2. The molecule has 71 heavy (non-hydrogen) atoms. The Labute approximate surface area is 404 Å². The molecule has 0 fully saturated rings. The lowest BCUT2D eigenvalue weighted by Crippen LogP contribution is -2.05. The summed E-state index contributed by atoms with van der Waals surface area (Å²) in [5.74, 6) is -0.141. The van der Waals surface area contributed by atoms with Crippen molar-refractivity contribution >= 4 is 124 Å². The van der Waals surface area contributed by atoms with E-state index in [2.05, 4.69) is 41.1 Å². The summed E-state index contributed by atoms with van der Waals surface area (Å²) in [4.78, 5) is 16.9. The molecule has 0 saturated heterocycles. The van der Waals surface area contributed by atoms with Crippen molar-refractivity contribution in [2.45, 2.75) is 26.5 Å². The van der Waals surface area contributed by atoms with Crippen LogP contribution in [0.5, 0.6) is 0 Å². The van der Waals surface area contributed by atoms with E-state index < -0.39 is 87.1 Å². The summed E-state index contributed by atoms with van der Waals surface area (Å²) in [5, 5.41) is 45.4. The van der Waals surface area contributed by atoms with E-state index in [4.69, 9.17) is 0 Å². The van der Waals surface area contributed by atoms with Crippen LogP contribution in [0.1, 0.15) is 11.1 Å². The molecule has 0 bridgehead atoms. The second-order valence-corrected chi connectivity index (χ2v) is 21.4. The summed E-state index contributed by atoms with van der Waals surface area (Å²) in [6.45, 7) is 1.51. The number of azo groups is 2. The maximum atomic E-state index is 12.6. The van der Waals surface area contributed by atoms with Gasteiger partial charge < -0.3 is 10.6 Å². The lowest BCUT2D eigenvalue weighted by atomic mass is 10.1. The Morgan fingerprint density at radius 1 is 0.634 bits per heavy atom. The van der Waals surface area contributed by atoms with Crippen LogP contribution < -0.4 is 10.6 Å². The molecule has 0 atom stereocenters. The summed E-state index contributed by atoms with van der Waals surface area (Å²) >= 11 is 0.792. The van der Waals surface area contributed by atoms with Crippen LogP contribution in [0.3, 0.4) is 0 Å². The normalized spacial score (nSPS) is 12.5. The Bertz CT molecular complexity index is 4110. The fourth-order valence-electron chi connectivity index (χ4n) is 6.91. The fourth-order valence-corrected chi connectivity index (χ4v) is 10.0. The summed E-state index contributed by atoms with van der Waals surface area (Å²) in [6, 6.07) is 27.2. The molecule has 0 aliphatic heterocycles. The van der Waals surface area contributed by atoms with Crippen molar-refractivity contribution in [3.63, 3.8) is 0 Å². The van der Waals surface area contributed by atoms with Crippen molar-refractivity contribution < 1.29 is 56.8 Å². The van der Waals surface area contributed by atoms with Gasteiger partial charge in [0.05, 0.1) is 26.0 Å². The minimum Gasteiger partial charge on any atom is -0.339 e. The monoisotopic (exact) mass is 1060 g/mol. The molecule has 6 aromatic carbocycles. The first-order valence-electron chi connectivity index (χ1n) is 19.6. The number of nitriles is 1. The van der Waals surface area contributed by atoms with Crippen molar-refractivity contribution in [3.8, 4) is 17.3 Å². The molecular weight excluding hydrogens is 1030 g/mol. The van der Waals surface area contributed by atoms with E-state index in [1.807, 2.05) is 24.3 Å².